The van der Waals surface area contributed by atoms with E-state index in [1.165, 1.54) is 30.1 Å². The molecule has 10 rings (SSSR count). The molecule has 0 bridgehead atoms. The monoisotopic (exact) mass is 796 g/mol. The van der Waals surface area contributed by atoms with Gasteiger partial charge in [-0.25, -0.2) is 23.7 Å². The molecule has 5 aliphatic heterocycles. The highest BCUT2D eigenvalue weighted by Crippen LogP contribution is 2.53. The molecule has 4 aromatic carbocycles. The second-order valence-electron chi connectivity index (χ2n) is 13.2. The van der Waals surface area contributed by atoms with Crippen molar-refractivity contribution in [3.05, 3.63) is 129 Å². The van der Waals surface area contributed by atoms with Crippen LogP contribution in [0.1, 0.15) is 34.2 Å². The lowest BCUT2D eigenvalue weighted by molar-refractivity contribution is 0.103. The van der Waals surface area contributed by atoms with Gasteiger partial charge in [-0.3, -0.25) is 11.1 Å². The van der Waals surface area contributed by atoms with Gasteiger partial charge in [0.2, 0.25) is 0 Å². The summed E-state index contributed by atoms with van der Waals surface area (Å²) in [6.07, 6.45) is 6.80. The number of benzene rings is 4. The predicted octanol–water partition coefficient (Wildman–Crippen LogP) is 6.29. The Kier molecular flexibility index (Phi) is 8.35. The maximum Gasteiger partial charge on any atom is 0.283 e. The summed E-state index contributed by atoms with van der Waals surface area (Å²) in [4.78, 5) is 12.7. The summed E-state index contributed by atoms with van der Waals surface area (Å²) in [6, 6.07) is 17.2. The van der Waals surface area contributed by atoms with Gasteiger partial charge >= 0.3 is 0 Å². The first kappa shape index (κ1) is 34.3. The molecule has 2 spiro atoms. The topological polar surface area (TPSA) is 169 Å². The highest BCUT2D eigenvalue weighted by Gasteiger charge is 2.49. The molecule has 0 saturated carbocycles. The molecule has 15 heteroatoms. The maximum atomic E-state index is 15.1. The Balaban J connectivity index is 0.000000153. The van der Waals surface area contributed by atoms with Gasteiger partial charge in [-0.15, -0.1) is 0 Å². The molecule has 1 fully saturated rings. The number of aromatic hydroxyl groups is 1. The second kappa shape index (κ2) is 13.1. The number of nitrogens with zero attached hydrogens (tertiary/aromatic N) is 3. The summed E-state index contributed by atoms with van der Waals surface area (Å²) >= 11 is 3.44. The van der Waals surface area contributed by atoms with Crippen LogP contribution in [0.25, 0.3) is 16.7 Å². The molecule has 0 amide bonds. The van der Waals surface area contributed by atoms with Crippen molar-refractivity contribution in [2.24, 2.45) is 16.5 Å². The van der Waals surface area contributed by atoms with Gasteiger partial charge in [0, 0.05) is 62.4 Å². The van der Waals surface area contributed by atoms with E-state index in [0.717, 1.165) is 27.6 Å². The third-order valence-electron chi connectivity index (χ3n) is 10.1. The fourth-order valence-corrected chi connectivity index (χ4v) is 7.89. The van der Waals surface area contributed by atoms with Gasteiger partial charge in [0.05, 0.1) is 19.8 Å². The smallest absolute Gasteiger partial charge is 0.283 e. The quantitative estimate of drug-likeness (QED) is 0.159. The van der Waals surface area contributed by atoms with Crippen LogP contribution in [0, 0.1) is 11.6 Å². The number of amidine groups is 1. The maximum absolute atomic E-state index is 15.1. The van der Waals surface area contributed by atoms with Crippen LogP contribution in [0.15, 0.2) is 94.9 Å². The van der Waals surface area contributed by atoms with Crippen LogP contribution in [-0.4, -0.2) is 53.9 Å². The Labute approximate surface area is 315 Å². The normalized spacial score (nSPS) is 23.0. The van der Waals surface area contributed by atoms with Gasteiger partial charge in [0.15, 0.2) is 23.5 Å². The van der Waals surface area contributed by atoms with E-state index in [9.17, 15) is 9.50 Å². The number of hydrogen-bond acceptors (Lipinski definition) is 12. The third kappa shape index (κ3) is 5.67. The Morgan fingerprint density at radius 3 is 2.28 bits per heavy atom. The zero-order chi connectivity index (χ0) is 37.2. The Morgan fingerprint density at radius 1 is 0.833 bits per heavy atom. The van der Waals surface area contributed by atoms with Gasteiger partial charge < -0.3 is 34.5 Å². The van der Waals surface area contributed by atoms with Crippen molar-refractivity contribution < 1.29 is 37.6 Å². The minimum atomic E-state index is -0.938. The van der Waals surface area contributed by atoms with Crippen molar-refractivity contribution in [2.45, 2.75) is 23.9 Å². The van der Waals surface area contributed by atoms with E-state index in [1.54, 1.807) is 24.5 Å². The van der Waals surface area contributed by atoms with Gasteiger partial charge in [-0.05, 0) is 60.0 Å². The van der Waals surface area contributed by atoms with Gasteiger partial charge in [-0.2, -0.15) is 0 Å². The molecule has 0 aliphatic carbocycles. The molecule has 1 aromatic heterocycles. The minimum Gasteiger partial charge on any atom is -0.505 e. The fraction of sp³-hybridized carbons (Fsp3) is 0.205. The number of nitrogens with two attached hydrogens (primary N) is 2. The van der Waals surface area contributed by atoms with E-state index < -0.39 is 34.8 Å². The van der Waals surface area contributed by atoms with Crippen molar-refractivity contribution in [1.82, 2.24) is 15.3 Å². The van der Waals surface area contributed by atoms with Gasteiger partial charge in [0.25, 0.3) is 6.02 Å². The zero-order valence-electron chi connectivity index (χ0n) is 28.3. The number of phenols is 1. The number of fused-ring (bicyclic) bond motifs is 8. The number of hydrogen-bond donors (Lipinski definition) is 4. The first-order valence-corrected chi connectivity index (χ1v) is 17.8. The molecule has 0 radical (unpaired) electrons. The van der Waals surface area contributed by atoms with Crippen molar-refractivity contribution >= 4 is 27.5 Å². The van der Waals surface area contributed by atoms with E-state index in [2.05, 4.69) is 43.4 Å². The number of nitrogens with one attached hydrogen (secondary N) is 1. The molecule has 5 aliphatic rings. The Bertz CT molecular complexity index is 2400. The van der Waals surface area contributed by atoms with Crippen LogP contribution in [0.4, 0.5) is 8.78 Å². The summed E-state index contributed by atoms with van der Waals surface area (Å²) in [5.41, 5.74) is 16.2. The van der Waals surface area contributed by atoms with Crippen LogP contribution < -0.4 is 26.3 Å². The van der Waals surface area contributed by atoms with E-state index in [4.69, 9.17) is 40.1 Å². The molecule has 6 N–H and O–H groups in total. The molecule has 1 unspecified atom stereocenters. The molecular formula is C39H31BrF2N6O6. The van der Waals surface area contributed by atoms with E-state index in [0.29, 0.717) is 58.5 Å². The van der Waals surface area contributed by atoms with Crippen LogP contribution in [-0.2, 0) is 25.3 Å². The lowest BCUT2D eigenvalue weighted by atomic mass is 9.79. The number of aliphatic imine (C=N–C) groups is 1. The highest BCUT2D eigenvalue weighted by molar-refractivity contribution is 9.10. The predicted molar refractivity (Wildman–Crippen MR) is 196 cm³/mol. The van der Waals surface area contributed by atoms with Crippen LogP contribution >= 0.6 is 15.9 Å². The summed E-state index contributed by atoms with van der Waals surface area (Å²) in [6.45, 7) is 1.72. The molecule has 54 heavy (non-hydrogen) atoms. The van der Waals surface area contributed by atoms with Gasteiger partial charge in [-0.1, -0.05) is 28.1 Å². The minimum absolute atomic E-state index is 0.0911. The molecular weight excluding hydrogens is 766 g/mol. The number of ether oxygens (including phenoxy) is 5. The average Bonchev–Trinajstić information content (AvgIpc) is 3.77. The number of halogens is 3. The fourth-order valence-electron chi connectivity index (χ4n) is 7.53. The Hall–Kier alpha value is -5.45. The summed E-state index contributed by atoms with van der Waals surface area (Å²) in [5, 5.41) is 12.9. The first-order chi connectivity index (χ1) is 26.1. The zero-order valence-corrected chi connectivity index (χ0v) is 29.9. The number of aromatic nitrogens is 2. The highest BCUT2D eigenvalue weighted by atomic mass is 79.9. The van der Waals surface area contributed by atoms with Crippen molar-refractivity contribution in [3.8, 4) is 39.9 Å². The molecule has 5 aromatic rings. The molecule has 6 heterocycles. The van der Waals surface area contributed by atoms with Crippen molar-refractivity contribution in [2.75, 3.05) is 26.4 Å². The van der Waals surface area contributed by atoms with Crippen LogP contribution in [0.5, 0.6) is 28.7 Å². The van der Waals surface area contributed by atoms with E-state index in [1.807, 2.05) is 24.3 Å². The van der Waals surface area contributed by atoms with Crippen LogP contribution in [0.2, 0.25) is 0 Å². The molecule has 274 valence electrons. The summed E-state index contributed by atoms with van der Waals surface area (Å²) < 4.78 is 58.1. The molecule has 1 saturated heterocycles. The largest absolute Gasteiger partial charge is 0.505 e. The third-order valence-corrected chi connectivity index (χ3v) is 10.6. The number of rotatable bonds is 2. The summed E-state index contributed by atoms with van der Waals surface area (Å²) in [5.74, 6) is 0.292. The average molecular weight is 798 g/mol. The lowest BCUT2D eigenvalue weighted by Gasteiger charge is -2.36. The molecule has 3 atom stereocenters. The van der Waals surface area contributed by atoms with Gasteiger partial charge in [0.1, 0.15) is 47.3 Å². The number of phenolic OH excluding ortho intramolecular Hbond substituents is 1. The lowest BCUT2D eigenvalue weighted by Crippen LogP contribution is -2.47. The Morgan fingerprint density at radius 2 is 1.56 bits per heavy atom. The SMILES string of the molecule is NC1=N[C@]2(CO1)c1cc(C3=CCOCC3)ccc1Oc1cc(F)c(-c3cncnc3)cc12.NC1N[C@]2(CO1)c1cc(Br)ccc1Oc1cc(F)c(O)cc12. The molecule has 12 nitrogen and oxygen atoms in total. The first-order valence-electron chi connectivity index (χ1n) is 17.0. The second-order valence-corrected chi connectivity index (χ2v) is 14.2. The van der Waals surface area contributed by atoms with Crippen molar-refractivity contribution in [3.63, 3.8) is 0 Å². The van der Waals surface area contributed by atoms with E-state index >= 15 is 4.39 Å². The van der Waals surface area contributed by atoms with Crippen LogP contribution in [0.3, 0.4) is 0 Å². The van der Waals surface area contributed by atoms with Crippen molar-refractivity contribution in [1.29, 1.82) is 0 Å². The van der Waals surface area contributed by atoms with E-state index in [-0.39, 0.29) is 19.2 Å². The standard InChI is InChI=1S/C24H19FN4O3.C15H12BrFN2O3/c25-20-9-22-19(8-17(20)16-10-27-13-28-11-16)24(12-31-23(26)29-24)18-7-15(1-2-21(18)32-22)14-3-5-30-6-4-14;16-7-1-2-12-8(3-7)15(6-21-14(18)19-15)9-4-11(20)10(17)5-13(9)22-12/h1-3,7-11,13H,4-6,12H2,(H2,26,29);1-5,14,19-20H,6,18H2/t24-;14?,15-/m11/s1. The summed E-state index contributed by atoms with van der Waals surface area (Å²) in [7, 11) is 0.